The van der Waals surface area contributed by atoms with E-state index in [4.69, 9.17) is 4.74 Å². The van der Waals surface area contributed by atoms with Crippen molar-refractivity contribution in [3.63, 3.8) is 0 Å². The maximum absolute atomic E-state index is 13.2. The number of amides is 1. The largest absolute Gasteiger partial charge is 0.483 e. The summed E-state index contributed by atoms with van der Waals surface area (Å²) < 4.78 is 33.3. The number of aromatic nitrogens is 1. The molecular weight excluding hydrogens is 366 g/mol. The zero-order chi connectivity index (χ0) is 20.1. The van der Waals surface area contributed by atoms with Gasteiger partial charge in [0.25, 0.3) is 0 Å². The lowest BCUT2D eigenvalue weighted by Gasteiger charge is -2.13. The van der Waals surface area contributed by atoms with Gasteiger partial charge in [0.1, 0.15) is 24.8 Å². The highest BCUT2D eigenvalue weighted by atomic mass is 19.1. The Hall–Kier alpha value is -3.48. The molecule has 0 radical (unpaired) electrons. The van der Waals surface area contributed by atoms with Crippen LogP contribution in [0, 0.1) is 18.6 Å². The Balaban J connectivity index is 1.70. The predicted octanol–water partition coefficient (Wildman–Crippen LogP) is 3.65. The zero-order valence-corrected chi connectivity index (χ0v) is 15.1. The maximum Gasteiger partial charge on any atom is 0.244 e. The van der Waals surface area contributed by atoms with Crippen LogP contribution in [-0.4, -0.2) is 10.5 Å². The first-order valence-electron chi connectivity index (χ1n) is 8.54. The highest BCUT2D eigenvalue weighted by Gasteiger charge is 2.10. The molecule has 0 unspecified atom stereocenters. The van der Waals surface area contributed by atoms with E-state index in [9.17, 15) is 18.4 Å². The number of pyridine rings is 1. The molecule has 0 bridgehead atoms. The Labute approximate surface area is 160 Å². The van der Waals surface area contributed by atoms with Crippen molar-refractivity contribution in [1.82, 2.24) is 4.57 Å². The standard InChI is InChI=1S/C21H18F2N2O3/c1-14-9-19(26)20(28-13-15-5-7-16(22)8-6-15)11-25(14)12-21(27)24-18-4-2-3-17(23)10-18/h2-11H,12-13H2,1H3,(H,24,27). The number of anilines is 1. The normalized spacial score (nSPS) is 10.5. The van der Waals surface area contributed by atoms with Gasteiger partial charge in [0.05, 0.1) is 6.20 Å². The molecular formula is C21H18F2N2O3. The van der Waals surface area contributed by atoms with Crippen molar-refractivity contribution >= 4 is 11.6 Å². The number of halogens is 2. The quantitative estimate of drug-likeness (QED) is 0.706. The van der Waals surface area contributed by atoms with Crippen molar-refractivity contribution in [2.45, 2.75) is 20.1 Å². The second-order valence-corrected chi connectivity index (χ2v) is 6.24. The molecule has 0 saturated carbocycles. The second-order valence-electron chi connectivity index (χ2n) is 6.24. The predicted molar refractivity (Wildman–Crippen MR) is 101 cm³/mol. The van der Waals surface area contributed by atoms with Crippen LogP contribution in [0.25, 0.3) is 0 Å². The van der Waals surface area contributed by atoms with Crippen LogP contribution >= 0.6 is 0 Å². The minimum Gasteiger partial charge on any atom is -0.483 e. The van der Waals surface area contributed by atoms with E-state index in [1.54, 1.807) is 29.7 Å². The topological polar surface area (TPSA) is 60.3 Å². The number of rotatable bonds is 6. The summed E-state index contributed by atoms with van der Waals surface area (Å²) in [6, 6.07) is 12.7. The summed E-state index contributed by atoms with van der Waals surface area (Å²) in [5, 5.41) is 2.60. The second kappa shape index (κ2) is 8.47. The number of carbonyl (C=O) groups is 1. The molecule has 3 rings (SSSR count). The third kappa shape index (κ3) is 5.03. The van der Waals surface area contributed by atoms with Gasteiger partial charge in [-0.25, -0.2) is 8.78 Å². The number of hydrogen-bond donors (Lipinski definition) is 1. The number of carbonyl (C=O) groups excluding carboxylic acids is 1. The average molecular weight is 384 g/mol. The lowest BCUT2D eigenvalue weighted by molar-refractivity contribution is -0.116. The van der Waals surface area contributed by atoms with Crippen molar-refractivity contribution in [3.05, 3.63) is 93.9 Å². The van der Waals surface area contributed by atoms with Gasteiger partial charge >= 0.3 is 0 Å². The van der Waals surface area contributed by atoms with Crippen LogP contribution < -0.4 is 15.5 Å². The number of nitrogens with zero attached hydrogens (tertiary/aromatic N) is 1. The van der Waals surface area contributed by atoms with Crippen LogP contribution in [0.15, 0.2) is 65.6 Å². The Bertz CT molecular complexity index is 1050. The fourth-order valence-corrected chi connectivity index (χ4v) is 2.59. The molecule has 3 aromatic rings. The monoisotopic (exact) mass is 384 g/mol. The van der Waals surface area contributed by atoms with Gasteiger partial charge in [-0.2, -0.15) is 0 Å². The van der Waals surface area contributed by atoms with Gasteiger partial charge in [-0.3, -0.25) is 9.59 Å². The van der Waals surface area contributed by atoms with Gasteiger partial charge in [-0.15, -0.1) is 0 Å². The zero-order valence-electron chi connectivity index (χ0n) is 15.1. The van der Waals surface area contributed by atoms with Gasteiger partial charge in [-0.1, -0.05) is 18.2 Å². The molecule has 2 aromatic carbocycles. The molecule has 0 aliphatic carbocycles. The number of aryl methyl sites for hydroxylation is 1. The number of hydrogen-bond acceptors (Lipinski definition) is 3. The Kier molecular flexibility index (Phi) is 5.84. The van der Waals surface area contributed by atoms with E-state index in [0.717, 1.165) is 0 Å². The molecule has 1 N–H and O–H groups in total. The van der Waals surface area contributed by atoms with Crippen molar-refractivity contribution in [3.8, 4) is 5.75 Å². The summed E-state index contributed by atoms with van der Waals surface area (Å²) in [5.41, 5.74) is 1.31. The van der Waals surface area contributed by atoms with Gasteiger partial charge < -0.3 is 14.6 Å². The summed E-state index contributed by atoms with van der Waals surface area (Å²) in [4.78, 5) is 24.4. The molecule has 0 fully saturated rings. The van der Waals surface area contributed by atoms with Crippen LogP contribution in [0.3, 0.4) is 0 Å². The molecule has 144 valence electrons. The number of ether oxygens (including phenoxy) is 1. The molecule has 1 heterocycles. The first-order chi connectivity index (χ1) is 13.4. The fourth-order valence-electron chi connectivity index (χ4n) is 2.59. The van der Waals surface area contributed by atoms with Crippen LogP contribution in [-0.2, 0) is 17.9 Å². The van der Waals surface area contributed by atoms with E-state index in [2.05, 4.69) is 5.32 Å². The van der Waals surface area contributed by atoms with Gasteiger partial charge in [0.2, 0.25) is 11.3 Å². The van der Waals surface area contributed by atoms with Crippen LogP contribution in [0.5, 0.6) is 5.75 Å². The molecule has 0 aliphatic heterocycles. The minimum absolute atomic E-state index is 0.0739. The SMILES string of the molecule is Cc1cc(=O)c(OCc2ccc(F)cc2)cn1CC(=O)Nc1cccc(F)c1. The summed E-state index contributed by atoms with van der Waals surface area (Å²) in [6.45, 7) is 1.71. The van der Waals surface area contributed by atoms with Gasteiger partial charge in [0.15, 0.2) is 5.75 Å². The van der Waals surface area contributed by atoms with Gasteiger partial charge in [0, 0.05) is 17.4 Å². The third-order valence-electron chi connectivity index (χ3n) is 4.04. The highest BCUT2D eigenvalue weighted by Crippen LogP contribution is 2.12. The van der Waals surface area contributed by atoms with Crippen molar-refractivity contribution in [1.29, 1.82) is 0 Å². The minimum atomic E-state index is -0.450. The molecule has 5 nitrogen and oxygen atoms in total. The molecule has 0 aliphatic rings. The van der Waals surface area contributed by atoms with E-state index >= 15 is 0 Å². The van der Waals surface area contributed by atoms with Crippen molar-refractivity contribution in [2.24, 2.45) is 0 Å². The lowest BCUT2D eigenvalue weighted by atomic mass is 10.2. The van der Waals surface area contributed by atoms with Crippen molar-refractivity contribution in [2.75, 3.05) is 5.32 Å². The molecule has 28 heavy (non-hydrogen) atoms. The van der Waals surface area contributed by atoms with E-state index in [1.807, 2.05) is 0 Å². The average Bonchev–Trinajstić information content (AvgIpc) is 2.64. The third-order valence-corrected chi connectivity index (χ3v) is 4.04. The first kappa shape index (κ1) is 19.3. The van der Waals surface area contributed by atoms with E-state index in [1.165, 1.54) is 42.6 Å². The lowest BCUT2D eigenvalue weighted by Crippen LogP contribution is -2.22. The molecule has 0 atom stereocenters. The van der Waals surface area contributed by atoms with Crippen LogP contribution in [0.1, 0.15) is 11.3 Å². The van der Waals surface area contributed by atoms with Crippen LogP contribution in [0.2, 0.25) is 0 Å². The Morgan fingerprint density at radius 2 is 1.82 bits per heavy atom. The fraction of sp³-hybridized carbons (Fsp3) is 0.143. The Morgan fingerprint density at radius 1 is 1.07 bits per heavy atom. The summed E-state index contributed by atoms with van der Waals surface area (Å²) in [7, 11) is 0. The molecule has 0 saturated heterocycles. The van der Waals surface area contributed by atoms with E-state index in [0.29, 0.717) is 16.9 Å². The van der Waals surface area contributed by atoms with Crippen molar-refractivity contribution < 1.29 is 18.3 Å². The summed E-state index contributed by atoms with van der Waals surface area (Å²) in [5.74, 6) is -1.10. The maximum atomic E-state index is 13.2. The van der Waals surface area contributed by atoms with E-state index < -0.39 is 5.82 Å². The number of nitrogens with one attached hydrogen (secondary N) is 1. The van der Waals surface area contributed by atoms with E-state index in [-0.39, 0.29) is 36.1 Å². The molecule has 1 aromatic heterocycles. The molecule has 1 amide bonds. The highest BCUT2D eigenvalue weighted by molar-refractivity contribution is 5.90. The van der Waals surface area contributed by atoms with Crippen LogP contribution in [0.4, 0.5) is 14.5 Å². The molecule has 7 heteroatoms. The summed E-state index contributed by atoms with van der Waals surface area (Å²) in [6.07, 6.45) is 1.45. The molecule has 0 spiro atoms. The van der Waals surface area contributed by atoms with Gasteiger partial charge in [-0.05, 0) is 42.8 Å². The summed E-state index contributed by atoms with van der Waals surface area (Å²) >= 11 is 0. The smallest absolute Gasteiger partial charge is 0.244 e. The Morgan fingerprint density at radius 3 is 2.54 bits per heavy atom. The first-order valence-corrected chi connectivity index (χ1v) is 8.54. The number of benzene rings is 2.